The Balaban J connectivity index is 2.26. The number of aryl methyl sites for hydroxylation is 1. The van der Waals surface area contributed by atoms with Crippen molar-refractivity contribution in [2.45, 2.75) is 52.0 Å². The highest BCUT2D eigenvalue weighted by Gasteiger charge is 2.39. The van der Waals surface area contributed by atoms with E-state index in [-0.39, 0.29) is 22.3 Å². The Hall–Kier alpha value is -2.34. The molecule has 0 saturated heterocycles. The van der Waals surface area contributed by atoms with Gasteiger partial charge in [-0.3, -0.25) is 4.79 Å². The van der Waals surface area contributed by atoms with E-state index in [1.54, 1.807) is 0 Å². The molecule has 3 nitrogen and oxygen atoms in total. The molecule has 0 amide bonds. The number of ether oxygens (including phenoxy) is 2. The van der Waals surface area contributed by atoms with Crippen LogP contribution in [-0.2, 0) is 15.8 Å². The van der Waals surface area contributed by atoms with Crippen LogP contribution in [0.3, 0.4) is 0 Å². The summed E-state index contributed by atoms with van der Waals surface area (Å²) in [5.74, 6) is -0.328. The van der Waals surface area contributed by atoms with Crippen molar-refractivity contribution >= 4 is 6.29 Å². The average Bonchev–Trinajstić information content (AvgIpc) is 2.58. The average molecular weight is 392 g/mol. The molecule has 0 spiro atoms. The molecule has 2 aromatic rings. The third-order valence-electron chi connectivity index (χ3n) is 5.19. The molecular weight excluding hydrogens is 369 g/mol. The van der Waals surface area contributed by atoms with E-state index in [1.165, 1.54) is 18.2 Å². The van der Waals surface area contributed by atoms with Crippen molar-refractivity contribution in [1.29, 1.82) is 0 Å². The van der Waals surface area contributed by atoms with Gasteiger partial charge in [0.15, 0.2) is 0 Å². The zero-order valence-electron chi connectivity index (χ0n) is 16.5. The van der Waals surface area contributed by atoms with Crippen LogP contribution in [0.25, 0.3) is 11.1 Å². The predicted molar refractivity (Wildman–Crippen MR) is 101 cm³/mol. The first-order chi connectivity index (χ1) is 12.8. The third kappa shape index (κ3) is 3.78. The monoisotopic (exact) mass is 392 g/mol. The largest absolute Gasteiger partial charge is 0.573 e. The maximum Gasteiger partial charge on any atom is 0.573 e. The highest BCUT2D eigenvalue weighted by Crippen LogP contribution is 2.45. The van der Waals surface area contributed by atoms with Gasteiger partial charge in [0, 0.05) is 16.5 Å². The van der Waals surface area contributed by atoms with Crippen LogP contribution in [0.5, 0.6) is 5.75 Å². The standard InChI is InChI=1S/C22H23F3O3/c1-13-8-18-17(20(2,3)12-27-21(18,4)5)10-15(13)16-9-14(11-26)6-7-19(16)28-22(23,24)25/h6-11H,12H2,1-5H3. The molecule has 6 heteroatoms. The SMILES string of the molecule is Cc1cc2c(cc1-c1cc(C=O)ccc1OC(F)(F)F)C(C)(C)COC2(C)C. The summed E-state index contributed by atoms with van der Waals surface area (Å²) in [7, 11) is 0. The summed E-state index contributed by atoms with van der Waals surface area (Å²) in [5.41, 5.74) is 3.13. The van der Waals surface area contributed by atoms with Gasteiger partial charge in [0.05, 0.1) is 12.2 Å². The van der Waals surface area contributed by atoms with Gasteiger partial charge in [0.2, 0.25) is 0 Å². The second-order valence-electron chi connectivity index (χ2n) is 8.32. The molecule has 0 fully saturated rings. The third-order valence-corrected chi connectivity index (χ3v) is 5.19. The van der Waals surface area contributed by atoms with Gasteiger partial charge in [0.25, 0.3) is 0 Å². The molecule has 0 N–H and O–H groups in total. The second kappa shape index (κ2) is 6.62. The predicted octanol–water partition coefficient (Wildman–Crippen LogP) is 5.92. The van der Waals surface area contributed by atoms with E-state index in [4.69, 9.17) is 4.74 Å². The van der Waals surface area contributed by atoms with Gasteiger partial charge >= 0.3 is 6.36 Å². The number of benzene rings is 2. The Labute approximate surface area is 162 Å². The lowest BCUT2D eigenvalue weighted by molar-refractivity contribution is -0.274. The number of halogens is 3. The first-order valence-electron chi connectivity index (χ1n) is 8.99. The molecule has 1 aliphatic rings. The van der Waals surface area contributed by atoms with E-state index >= 15 is 0 Å². The van der Waals surface area contributed by atoms with Gasteiger partial charge in [-0.2, -0.15) is 0 Å². The lowest BCUT2D eigenvalue weighted by Gasteiger charge is -2.42. The maximum atomic E-state index is 12.9. The van der Waals surface area contributed by atoms with Crippen LogP contribution in [-0.4, -0.2) is 19.3 Å². The summed E-state index contributed by atoms with van der Waals surface area (Å²) < 4.78 is 49.0. The fourth-order valence-electron chi connectivity index (χ4n) is 3.62. The summed E-state index contributed by atoms with van der Waals surface area (Å²) in [6.45, 7) is 10.4. The molecule has 28 heavy (non-hydrogen) atoms. The maximum absolute atomic E-state index is 12.9. The quantitative estimate of drug-likeness (QED) is 0.609. The van der Waals surface area contributed by atoms with Crippen LogP contribution in [0.4, 0.5) is 13.2 Å². The Morgan fingerprint density at radius 3 is 2.32 bits per heavy atom. The van der Waals surface area contributed by atoms with Crippen molar-refractivity contribution in [3.05, 3.63) is 52.6 Å². The van der Waals surface area contributed by atoms with Crippen molar-refractivity contribution in [2.24, 2.45) is 0 Å². The van der Waals surface area contributed by atoms with Gasteiger partial charge < -0.3 is 9.47 Å². The second-order valence-corrected chi connectivity index (χ2v) is 8.32. The fraction of sp³-hybridized carbons (Fsp3) is 0.409. The molecule has 0 radical (unpaired) electrons. The van der Waals surface area contributed by atoms with Crippen molar-refractivity contribution in [3.63, 3.8) is 0 Å². The summed E-state index contributed by atoms with van der Waals surface area (Å²) in [6, 6.07) is 7.79. The highest BCUT2D eigenvalue weighted by molar-refractivity contribution is 5.83. The Morgan fingerprint density at radius 2 is 1.71 bits per heavy atom. The molecule has 0 aliphatic carbocycles. The number of rotatable bonds is 3. The smallest absolute Gasteiger partial charge is 0.405 e. The van der Waals surface area contributed by atoms with Crippen LogP contribution in [0, 0.1) is 6.92 Å². The lowest BCUT2D eigenvalue weighted by Crippen LogP contribution is -2.40. The van der Waals surface area contributed by atoms with Crippen LogP contribution < -0.4 is 4.74 Å². The molecule has 1 heterocycles. The van der Waals surface area contributed by atoms with Crippen molar-refractivity contribution < 1.29 is 27.4 Å². The number of aldehydes is 1. The number of carbonyl (C=O) groups excluding carboxylic acids is 1. The van der Waals surface area contributed by atoms with Gasteiger partial charge in [-0.05, 0) is 67.3 Å². The summed E-state index contributed by atoms with van der Waals surface area (Å²) in [5, 5.41) is 0. The highest BCUT2D eigenvalue weighted by atomic mass is 19.4. The Morgan fingerprint density at radius 1 is 1.04 bits per heavy atom. The summed E-state index contributed by atoms with van der Waals surface area (Å²) in [4.78, 5) is 11.2. The molecule has 0 atom stereocenters. The van der Waals surface area contributed by atoms with Gasteiger partial charge in [-0.25, -0.2) is 0 Å². The minimum Gasteiger partial charge on any atom is -0.405 e. The minimum absolute atomic E-state index is 0.238. The number of carbonyl (C=O) groups is 1. The molecule has 2 aromatic carbocycles. The van der Waals surface area contributed by atoms with E-state index in [2.05, 4.69) is 4.74 Å². The zero-order chi connectivity index (χ0) is 20.9. The molecule has 0 bridgehead atoms. The minimum atomic E-state index is -4.82. The van der Waals surface area contributed by atoms with E-state index < -0.39 is 12.0 Å². The van der Waals surface area contributed by atoms with Gasteiger partial charge in [-0.1, -0.05) is 19.9 Å². The van der Waals surface area contributed by atoms with Crippen molar-refractivity contribution in [3.8, 4) is 16.9 Å². The summed E-state index contributed by atoms with van der Waals surface area (Å²) in [6.07, 6.45) is -4.22. The van der Waals surface area contributed by atoms with Crippen LogP contribution in [0.15, 0.2) is 30.3 Å². The molecule has 150 valence electrons. The van der Waals surface area contributed by atoms with Crippen molar-refractivity contribution in [2.75, 3.05) is 6.61 Å². The number of fused-ring (bicyclic) bond motifs is 1. The molecule has 0 aromatic heterocycles. The normalized spacial score (nSPS) is 17.7. The van der Waals surface area contributed by atoms with Crippen molar-refractivity contribution in [1.82, 2.24) is 0 Å². The molecule has 3 rings (SSSR count). The first-order valence-corrected chi connectivity index (χ1v) is 8.99. The van der Waals surface area contributed by atoms with Crippen LogP contribution in [0.2, 0.25) is 0 Å². The fourth-order valence-corrected chi connectivity index (χ4v) is 3.62. The topological polar surface area (TPSA) is 35.5 Å². The Bertz CT molecular complexity index is 927. The van der Waals surface area contributed by atoms with E-state index in [9.17, 15) is 18.0 Å². The molecule has 1 aliphatic heterocycles. The van der Waals surface area contributed by atoms with E-state index in [0.717, 1.165) is 16.7 Å². The lowest BCUT2D eigenvalue weighted by atomic mass is 9.73. The number of alkyl halides is 3. The first kappa shape index (κ1) is 20.4. The van der Waals surface area contributed by atoms with E-state index in [0.29, 0.717) is 18.5 Å². The zero-order valence-corrected chi connectivity index (χ0v) is 16.5. The van der Waals surface area contributed by atoms with Crippen LogP contribution >= 0.6 is 0 Å². The van der Waals surface area contributed by atoms with Gasteiger partial charge in [0.1, 0.15) is 12.0 Å². The molecule has 0 saturated carbocycles. The van der Waals surface area contributed by atoms with E-state index in [1.807, 2.05) is 46.8 Å². The Kier molecular flexibility index (Phi) is 4.82. The van der Waals surface area contributed by atoms with Crippen LogP contribution in [0.1, 0.15) is 54.7 Å². The molecule has 0 unspecified atom stereocenters. The van der Waals surface area contributed by atoms with Gasteiger partial charge in [-0.15, -0.1) is 13.2 Å². The molecular formula is C22H23F3O3. The summed E-state index contributed by atoms with van der Waals surface area (Å²) >= 11 is 0. The number of hydrogen-bond acceptors (Lipinski definition) is 3. The number of hydrogen-bond donors (Lipinski definition) is 0.